The minimum Gasteiger partial charge on any atom is -0.372 e. The highest BCUT2D eigenvalue weighted by molar-refractivity contribution is 9.10. The number of ether oxygens (including phenoxy) is 1. The van der Waals surface area contributed by atoms with E-state index >= 15 is 0 Å². The van der Waals surface area contributed by atoms with Gasteiger partial charge in [-0.1, -0.05) is 66.2 Å². The summed E-state index contributed by atoms with van der Waals surface area (Å²) in [6, 6.07) is 22.7. The quantitative estimate of drug-likeness (QED) is 0.419. The summed E-state index contributed by atoms with van der Waals surface area (Å²) >= 11 is 3.71. The minimum absolute atomic E-state index is 0.524. The Hall–Kier alpha value is -2.43. The minimum atomic E-state index is 0.524. The maximum atomic E-state index is 5.92. The zero-order valence-electron chi connectivity index (χ0n) is 14.5. The van der Waals surface area contributed by atoms with Crippen molar-refractivity contribution in [1.82, 2.24) is 9.38 Å². The standard InChI is InChI=1S/C22H19BrN2O/c1-16-9-11-18(12-10-16)20-21(23)25-13-5-8-19(22(25)24-20)15-26-14-17-6-3-2-4-7-17/h2-13H,14-15H2,1H3. The molecule has 0 atom stereocenters. The number of aromatic nitrogens is 2. The van der Waals surface area contributed by atoms with Gasteiger partial charge in [-0.05, 0) is 34.5 Å². The van der Waals surface area contributed by atoms with Crippen LogP contribution in [0.15, 0.2) is 77.5 Å². The largest absolute Gasteiger partial charge is 0.372 e. The normalized spacial score (nSPS) is 11.2. The van der Waals surface area contributed by atoms with Crippen LogP contribution in [0.5, 0.6) is 0 Å². The van der Waals surface area contributed by atoms with Crippen LogP contribution in [0.1, 0.15) is 16.7 Å². The number of imidazole rings is 1. The van der Waals surface area contributed by atoms with E-state index in [4.69, 9.17) is 9.72 Å². The number of nitrogens with zero attached hydrogens (tertiary/aromatic N) is 2. The van der Waals surface area contributed by atoms with Gasteiger partial charge in [0.05, 0.1) is 13.2 Å². The lowest BCUT2D eigenvalue weighted by Crippen LogP contribution is -1.97. The predicted octanol–water partition coefficient (Wildman–Crippen LogP) is 5.79. The third-order valence-corrected chi connectivity index (χ3v) is 5.12. The number of halogens is 1. The van der Waals surface area contributed by atoms with Gasteiger partial charge in [0.2, 0.25) is 0 Å². The monoisotopic (exact) mass is 406 g/mol. The van der Waals surface area contributed by atoms with Crippen molar-refractivity contribution < 1.29 is 4.74 Å². The highest BCUT2D eigenvalue weighted by atomic mass is 79.9. The van der Waals surface area contributed by atoms with Crippen LogP contribution < -0.4 is 0 Å². The number of fused-ring (bicyclic) bond motifs is 1. The molecule has 0 spiro atoms. The summed E-state index contributed by atoms with van der Waals surface area (Å²) in [7, 11) is 0. The summed E-state index contributed by atoms with van der Waals surface area (Å²) in [5, 5.41) is 0. The number of aryl methyl sites for hydroxylation is 1. The molecule has 4 heteroatoms. The third kappa shape index (κ3) is 3.43. The van der Waals surface area contributed by atoms with E-state index in [1.807, 2.05) is 30.5 Å². The lowest BCUT2D eigenvalue weighted by atomic mass is 10.1. The average Bonchev–Trinajstić information content (AvgIpc) is 3.01. The van der Waals surface area contributed by atoms with E-state index in [9.17, 15) is 0 Å². The number of rotatable bonds is 5. The molecule has 0 aliphatic rings. The lowest BCUT2D eigenvalue weighted by Gasteiger charge is -2.06. The SMILES string of the molecule is Cc1ccc(-c2nc3c(COCc4ccccc4)cccn3c2Br)cc1. The van der Waals surface area contributed by atoms with Crippen molar-refractivity contribution in [2.75, 3.05) is 0 Å². The molecule has 2 heterocycles. The van der Waals surface area contributed by atoms with Crippen LogP contribution >= 0.6 is 15.9 Å². The molecule has 4 aromatic rings. The molecule has 26 heavy (non-hydrogen) atoms. The molecule has 0 radical (unpaired) electrons. The molecule has 0 unspecified atom stereocenters. The zero-order valence-corrected chi connectivity index (χ0v) is 16.1. The van der Waals surface area contributed by atoms with Crippen molar-refractivity contribution >= 4 is 21.6 Å². The number of hydrogen-bond donors (Lipinski definition) is 0. The second-order valence-electron chi connectivity index (χ2n) is 6.32. The Morgan fingerprint density at radius 3 is 2.46 bits per heavy atom. The van der Waals surface area contributed by atoms with Gasteiger partial charge < -0.3 is 4.74 Å². The lowest BCUT2D eigenvalue weighted by molar-refractivity contribution is 0.107. The Morgan fingerprint density at radius 1 is 0.923 bits per heavy atom. The van der Waals surface area contributed by atoms with Gasteiger partial charge in [-0.25, -0.2) is 4.98 Å². The summed E-state index contributed by atoms with van der Waals surface area (Å²) < 4.78 is 8.94. The number of hydrogen-bond acceptors (Lipinski definition) is 2. The molecule has 2 aromatic carbocycles. The summed E-state index contributed by atoms with van der Waals surface area (Å²) in [5.41, 5.74) is 6.45. The fourth-order valence-corrected chi connectivity index (χ4v) is 3.56. The first-order valence-corrected chi connectivity index (χ1v) is 9.36. The summed E-state index contributed by atoms with van der Waals surface area (Å²) in [4.78, 5) is 4.87. The molecule has 130 valence electrons. The fourth-order valence-electron chi connectivity index (χ4n) is 2.96. The number of benzene rings is 2. The van der Waals surface area contributed by atoms with Crippen molar-refractivity contribution in [3.8, 4) is 11.3 Å². The second kappa shape index (κ2) is 7.44. The summed E-state index contributed by atoms with van der Waals surface area (Å²) in [6.45, 7) is 3.20. The van der Waals surface area contributed by atoms with Gasteiger partial charge in [-0.3, -0.25) is 4.40 Å². The first-order chi connectivity index (χ1) is 12.7. The highest BCUT2D eigenvalue weighted by Crippen LogP contribution is 2.30. The zero-order chi connectivity index (χ0) is 17.9. The fraction of sp³-hybridized carbons (Fsp3) is 0.136. The van der Waals surface area contributed by atoms with Gasteiger partial charge in [0.25, 0.3) is 0 Å². The number of pyridine rings is 1. The van der Waals surface area contributed by atoms with Gasteiger partial charge in [-0.2, -0.15) is 0 Å². The van der Waals surface area contributed by atoms with E-state index in [1.54, 1.807) is 0 Å². The van der Waals surface area contributed by atoms with Crippen molar-refractivity contribution in [1.29, 1.82) is 0 Å². The second-order valence-corrected chi connectivity index (χ2v) is 7.07. The molecule has 0 saturated heterocycles. The molecule has 0 aliphatic heterocycles. The van der Waals surface area contributed by atoms with E-state index in [0.29, 0.717) is 13.2 Å². The molecule has 2 aromatic heterocycles. The van der Waals surface area contributed by atoms with Crippen LogP contribution in [0.25, 0.3) is 16.9 Å². The molecule has 4 rings (SSSR count). The first kappa shape index (κ1) is 17.0. The molecule has 0 fully saturated rings. The van der Waals surface area contributed by atoms with Crippen LogP contribution in [0.3, 0.4) is 0 Å². The Bertz CT molecular complexity index is 1020. The molecule has 3 nitrogen and oxygen atoms in total. The van der Waals surface area contributed by atoms with Crippen LogP contribution in [-0.4, -0.2) is 9.38 Å². The van der Waals surface area contributed by atoms with E-state index in [0.717, 1.165) is 27.1 Å². The highest BCUT2D eigenvalue weighted by Gasteiger charge is 2.14. The van der Waals surface area contributed by atoms with Gasteiger partial charge >= 0.3 is 0 Å². The van der Waals surface area contributed by atoms with E-state index < -0.39 is 0 Å². The van der Waals surface area contributed by atoms with Crippen molar-refractivity contribution in [3.63, 3.8) is 0 Å². The summed E-state index contributed by atoms with van der Waals surface area (Å²) in [6.07, 6.45) is 2.02. The first-order valence-electron chi connectivity index (χ1n) is 8.56. The average molecular weight is 407 g/mol. The Labute approximate surface area is 161 Å². The van der Waals surface area contributed by atoms with Gasteiger partial charge in [0.1, 0.15) is 15.9 Å². The van der Waals surface area contributed by atoms with Crippen molar-refractivity contribution in [2.24, 2.45) is 0 Å². The predicted molar refractivity (Wildman–Crippen MR) is 108 cm³/mol. The molecule has 0 amide bonds. The topological polar surface area (TPSA) is 26.5 Å². The molecule has 0 N–H and O–H groups in total. The third-order valence-electron chi connectivity index (χ3n) is 4.37. The molecule has 0 bridgehead atoms. The van der Waals surface area contributed by atoms with E-state index in [-0.39, 0.29) is 0 Å². The van der Waals surface area contributed by atoms with Crippen LogP contribution in [0.4, 0.5) is 0 Å². The summed E-state index contributed by atoms with van der Waals surface area (Å²) in [5.74, 6) is 0. The Balaban J connectivity index is 1.62. The van der Waals surface area contributed by atoms with Crippen LogP contribution in [0, 0.1) is 6.92 Å². The van der Waals surface area contributed by atoms with E-state index in [1.165, 1.54) is 11.1 Å². The Kier molecular flexibility index (Phi) is 4.87. The van der Waals surface area contributed by atoms with E-state index in [2.05, 4.69) is 69.7 Å². The van der Waals surface area contributed by atoms with Crippen molar-refractivity contribution in [3.05, 3.63) is 94.2 Å². The molecule has 0 saturated carbocycles. The maximum Gasteiger partial charge on any atom is 0.143 e. The molecular formula is C22H19BrN2O. The van der Waals surface area contributed by atoms with Gasteiger partial charge in [0.15, 0.2) is 0 Å². The van der Waals surface area contributed by atoms with Crippen LogP contribution in [0.2, 0.25) is 0 Å². The van der Waals surface area contributed by atoms with Crippen LogP contribution in [-0.2, 0) is 18.0 Å². The molecule has 0 aliphatic carbocycles. The van der Waals surface area contributed by atoms with Gasteiger partial charge in [-0.15, -0.1) is 0 Å². The Morgan fingerprint density at radius 2 is 1.69 bits per heavy atom. The molecular weight excluding hydrogens is 388 g/mol. The maximum absolute atomic E-state index is 5.92. The van der Waals surface area contributed by atoms with Gasteiger partial charge in [0, 0.05) is 17.3 Å². The van der Waals surface area contributed by atoms with Crippen molar-refractivity contribution in [2.45, 2.75) is 20.1 Å². The smallest absolute Gasteiger partial charge is 0.143 e.